The van der Waals surface area contributed by atoms with Gasteiger partial charge in [0, 0.05) is 11.6 Å². The molecule has 2 aromatic carbocycles. The van der Waals surface area contributed by atoms with Gasteiger partial charge in [0.25, 0.3) is 5.91 Å². The molecule has 0 aliphatic carbocycles. The lowest BCUT2D eigenvalue weighted by molar-refractivity contribution is -0.123. The van der Waals surface area contributed by atoms with Crippen molar-refractivity contribution in [2.45, 2.75) is 49.9 Å². The van der Waals surface area contributed by atoms with Crippen molar-refractivity contribution in [2.24, 2.45) is 0 Å². The summed E-state index contributed by atoms with van der Waals surface area (Å²) in [6.45, 7) is 5.48. The highest BCUT2D eigenvalue weighted by molar-refractivity contribution is 7.90. The molecule has 2 rings (SSSR count). The predicted molar refractivity (Wildman–Crippen MR) is 109 cm³/mol. The fourth-order valence-electron chi connectivity index (χ4n) is 2.50. The maximum absolute atomic E-state index is 12.4. The van der Waals surface area contributed by atoms with E-state index in [1.807, 2.05) is 13.8 Å². The molecule has 0 aliphatic heterocycles. The van der Waals surface area contributed by atoms with E-state index >= 15 is 0 Å². The van der Waals surface area contributed by atoms with Crippen molar-refractivity contribution < 1.29 is 18.0 Å². The van der Waals surface area contributed by atoms with Crippen LogP contribution in [0.1, 0.15) is 43.1 Å². The Morgan fingerprint density at radius 1 is 0.929 bits per heavy atom. The Bertz CT molecular complexity index is 909. The number of sulfone groups is 1. The van der Waals surface area contributed by atoms with E-state index in [2.05, 4.69) is 10.6 Å². The summed E-state index contributed by atoms with van der Waals surface area (Å²) in [6.07, 6.45) is 0.805. The highest BCUT2D eigenvalue weighted by Gasteiger charge is 2.18. The molecule has 6 nitrogen and oxygen atoms in total. The van der Waals surface area contributed by atoms with Crippen LogP contribution in [0.15, 0.2) is 59.5 Å². The first kappa shape index (κ1) is 21.6. The summed E-state index contributed by atoms with van der Waals surface area (Å²) in [5, 5.41) is 5.47. The average molecular weight is 403 g/mol. The molecule has 2 aromatic rings. The highest BCUT2D eigenvalue weighted by Crippen LogP contribution is 2.16. The molecule has 7 heteroatoms. The van der Waals surface area contributed by atoms with Gasteiger partial charge in [-0.2, -0.15) is 0 Å². The summed E-state index contributed by atoms with van der Waals surface area (Å²) in [7, 11) is -3.44. The zero-order valence-electron chi connectivity index (χ0n) is 16.3. The van der Waals surface area contributed by atoms with Gasteiger partial charge in [0.15, 0.2) is 9.84 Å². The Balaban J connectivity index is 2.00. The van der Waals surface area contributed by atoms with Crippen LogP contribution in [-0.4, -0.2) is 32.3 Å². The van der Waals surface area contributed by atoms with E-state index in [0.717, 1.165) is 6.42 Å². The normalized spacial score (nSPS) is 13.4. The van der Waals surface area contributed by atoms with Gasteiger partial charge in [-0.05, 0) is 50.1 Å². The van der Waals surface area contributed by atoms with E-state index < -0.39 is 15.9 Å². The van der Waals surface area contributed by atoms with Crippen LogP contribution in [0.25, 0.3) is 0 Å². The first-order chi connectivity index (χ1) is 13.2. The molecule has 28 heavy (non-hydrogen) atoms. The zero-order valence-corrected chi connectivity index (χ0v) is 17.1. The van der Waals surface area contributed by atoms with E-state index in [-0.39, 0.29) is 28.5 Å². The van der Waals surface area contributed by atoms with E-state index in [0.29, 0.717) is 11.1 Å². The monoisotopic (exact) mass is 402 g/mol. The third kappa shape index (κ3) is 5.92. The van der Waals surface area contributed by atoms with Crippen LogP contribution in [0.2, 0.25) is 0 Å². The van der Waals surface area contributed by atoms with Gasteiger partial charge in [-0.1, -0.05) is 37.3 Å². The minimum Gasteiger partial charge on any atom is -0.352 e. The van der Waals surface area contributed by atoms with Gasteiger partial charge in [0.2, 0.25) is 5.91 Å². The number of carbonyl (C=O) groups excluding carboxylic acids is 2. The molecule has 0 spiro atoms. The summed E-state index contributed by atoms with van der Waals surface area (Å²) in [5.74, 6) is -0.773. The lowest BCUT2D eigenvalue weighted by Gasteiger charge is -2.17. The molecule has 2 unspecified atom stereocenters. The van der Waals surface area contributed by atoms with Crippen LogP contribution < -0.4 is 10.6 Å². The molecular weight excluding hydrogens is 376 g/mol. The summed E-state index contributed by atoms with van der Waals surface area (Å²) in [4.78, 5) is 24.6. The van der Waals surface area contributed by atoms with Crippen LogP contribution in [0.3, 0.4) is 0 Å². The molecule has 0 heterocycles. The van der Waals surface area contributed by atoms with Gasteiger partial charge < -0.3 is 10.6 Å². The topological polar surface area (TPSA) is 92.3 Å². The third-order valence-electron chi connectivity index (χ3n) is 4.42. The lowest BCUT2D eigenvalue weighted by atomic mass is 10.1. The number of hydrogen-bond acceptors (Lipinski definition) is 4. The molecule has 0 saturated carbocycles. The van der Waals surface area contributed by atoms with Gasteiger partial charge in [-0.25, -0.2) is 8.42 Å². The zero-order chi connectivity index (χ0) is 20.7. The van der Waals surface area contributed by atoms with Gasteiger partial charge in [0.1, 0.15) is 6.04 Å². The van der Waals surface area contributed by atoms with Gasteiger partial charge in [-0.15, -0.1) is 0 Å². The Labute approximate surface area is 166 Å². The number of rotatable bonds is 8. The minimum atomic E-state index is -3.44. The fraction of sp³-hybridized carbons (Fsp3) is 0.333. The van der Waals surface area contributed by atoms with E-state index in [1.165, 1.54) is 0 Å². The number of nitrogens with one attached hydrogen (secondary N) is 2. The van der Waals surface area contributed by atoms with Crippen LogP contribution in [0.5, 0.6) is 0 Å². The fourth-order valence-corrected chi connectivity index (χ4v) is 3.87. The SMILES string of the molecule is CCC(C)NC(=O)C(C)NC(=O)c1ccc(CS(=O)(=O)c2ccccc2)cc1. The van der Waals surface area contributed by atoms with Crippen molar-refractivity contribution in [1.29, 1.82) is 0 Å². The van der Waals surface area contributed by atoms with Crippen LogP contribution in [0.4, 0.5) is 0 Å². The summed E-state index contributed by atoms with van der Waals surface area (Å²) >= 11 is 0. The van der Waals surface area contributed by atoms with Crippen molar-refractivity contribution >= 4 is 21.7 Å². The van der Waals surface area contributed by atoms with E-state index in [9.17, 15) is 18.0 Å². The second-order valence-corrected chi connectivity index (χ2v) is 8.77. The van der Waals surface area contributed by atoms with Gasteiger partial charge in [0.05, 0.1) is 10.6 Å². The molecule has 0 radical (unpaired) electrons. The van der Waals surface area contributed by atoms with Gasteiger partial charge in [-0.3, -0.25) is 9.59 Å². The smallest absolute Gasteiger partial charge is 0.251 e. The molecule has 0 saturated heterocycles. The number of carbonyl (C=O) groups is 2. The van der Waals surface area contributed by atoms with Crippen molar-refractivity contribution in [1.82, 2.24) is 10.6 Å². The number of amides is 2. The van der Waals surface area contributed by atoms with E-state index in [1.54, 1.807) is 61.5 Å². The molecule has 0 aliphatic rings. The largest absolute Gasteiger partial charge is 0.352 e. The van der Waals surface area contributed by atoms with Crippen LogP contribution in [0, 0.1) is 0 Å². The number of hydrogen-bond donors (Lipinski definition) is 2. The summed E-state index contributed by atoms with van der Waals surface area (Å²) in [6, 6.07) is 13.9. The number of benzene rings is 2. The molecule has 0 aromatic heterocycles. The van der Waals surface area contributed by atoms with Crippen molar-refractivity contribution in [3.63, 3.8) is 0 Å². The predicted octanol–water partition coefficient (Wildman–Crippen LogP) is 2.69. The lowest BCUT2D eigenvalue weighted by Crippen LogP contribution is -2.47. The molecule has 0 bridgehead atoms. The van der Waals surface area contributed by atoms with Crippen molar-refractivity contribution in [3.05, 3.63) is 65.7 Å². The molecule has 2 atom stereocenters. The average Bonchev–Trinajstić information content (AvgIpc) is 2.68. The van der Waals surface area contributed by atoms with E-state index in [4.69, 9.17) is 0 Å². The summed E-state index contributed by atoms with van der Waals surface area (Å²) in [5.41, 5.74) is 0.951. The Hall–Kier alpha value is -2.67. The standard InChI is InChI=1S/C21H26N2O4S/c1-4-15(2)22-20(24)16(3)23-21(25)18-12-10-17(11-13-18)14-28(26,27)19-8-6-5-7-9-19/h5-13,15-16H,4,14H2,1-3H3,(H,22,24)(H,23,25). The third-order valence-corrected chi connectivity index (χ3v) is 6.12. The Morgan fingerprint density at radius 2 is 1.54 bits per heavy atom. The maximum Gasteiger partial charge on any atom is 0.251 e. The van der Waals surface area contributed by atoms with Crippen molar-refractivity contribution in [2.75, 3.05) is 0 Å². The summed E-state index contributed by atoms with van der Waals surface area (Å²) < 4.78 is 24.9. The molecule has 2 amide bonds. The Morgan fingerprint density at radius 3 is 2.11 bits per heavy atom. The maximum atomic E-state index is 12.4. The second-order valence-electron chi connectivity index (χ2n) is 6.78. The molecule has 150 valence electrons. The molecule has 0 fully saturated rings. The molecule has 2 N–H and O–H groups in total. The highest BCUT2D eigenvalue weighted by atomic mass is 32.2. The van der Waals surface area contributed by atoms with Gasteiger partial charge >= 0.3 is 0 Å². The minimum absolute atomic E-state index is 0.0395. The molecular formula is C21H26N2O4S. The Kier molecular flexibility index (Phi) is 7.34. The van der Waals surface area contributed by atoms with Crippen LogP contribution >= 0.6 is 0 Å². The first-order valence-corrected chi connectivity index (χ1v) is 10.9. The second kappa shape index (κ2) is 9.50. The van der Waals surface area contributed by atoms with Crippen LogP contribution in [-0.2, 0) is 20.4 Å². The van der Waals surface area contributed by atoms with Crippen molar-refractivity contribution in [3.8, 4) is 0 Å². The first-order valence-electron chi connectivity index (χ1n) is 9.21. The quantitative estimate of drug-likeness (QED) is 0.710.